The number of nitrogens with zero attached hydrogens (tertiary/aromatic N) is 1. The molecule has 0 spiro atoms. The molecular formula is C14H20F3N3O3. The Labute approximate surface area is 132 Å². The smallest absolute Gasteiger partial charge is 0.411 e. The van der Waals surface area contributed by atoms with E-state index in [4.69, 9.17) is 0 Å². The Morgan fingerprint density at radius 1 is 1.35 bits per heavy atom. The summed E-state index contributed by atoms with van der Waals surface area (Å²) in [6, 6.07) is 0. The van der Waals surface area contributed by atoms with E-state index in [2.05, 4.69) is 15.0 Å². The van der Waals surface area contributed by atoms with Gasteiger partial charge in [-0.05, 0) is 20.0 Å². The van der Waals surface area contributed by atoms with Gasteiger partial charge in [0.25, 0.3) is 12.4 Å². The number of H-pyrrole nitrogens is 1. The molecule has 0 bridgehead atoms. The second-order valence-corrected chi connectivity index (χ2v) is 4.82. The third-order valence-electron chi connectivity index (χ3n) is 3.44. The van der Waals surface area contributed by atoms with Crippen molar-refractivity contribution in [1.29, 1.82) is 0 Å². The van der Waals surface area contributed by atoms with E-state index in [0.717, 1.165) is 13.1 Å². The minimum absolute atomic E-state index is 0.0190. The molecule has 0 atom stereocenters. The maximum absolute atomic E-state index is 13.2. The van der Waals surface area contributed by atoms with Crippen molar-refractivity contribution in [2.24, 2.45) is 0 Å². The summed E-state index contributed by atoms with van der Waals surface area (Å²) in [5.41, 5.74) is -1.86. The number of carbonyl (C=O) groups is 2. The van der Waals surface area contributed by atoms with Gasteiger partial charge in [-0.3, -0.25) is 9.59 Å². The molecule has 1 amide bonds. The lowest BCUT2D eigenvalue weighted by Crippen LogP contribution is -2.35. The van der Waals surface area contributed by atoms with E-state index in [1.54, 1.807) is 0 Å². The number of hydrogen-bond donors (Lipinski definition) is 2. The van der Waals surface area contributed by atoms with Crippen molar-refractivity contribution in [2.45, 2.75) is 26.9 Å². The van der Waals surface area contributed by atoms with Gasteiger partial charge in [0.2, 0.25) is 5.88 Å². The quantitative estimate of drug-likeness (QED) is 0.712. The fraction of sp³-hybridized carbons (Fsp3) is 0.571. The van der Waals surface area contributed by atoms with Gasteiger partial charge in [0.05, 0.1) is 5.56 Å². The fourth-order valence-corrected chi connectivity index (χ4v) is 2.24. The lowest BCUT2D eigenvalue weighted by molar-refractivity contribution is -0.140. The Kier molecular flexibility index (Phi) is 6.62. The van der Waals surface area contributed by atoms with Gasteiger partial charge in [-0.1, -0.05) is 13.8 Å². The van der Waals surface area contributed by atoms with Crippen molar-refractivity contribution >= 4 is 12.4 Å². The average Bonchev–Trinajstić information content (AvgIpc) is 2.80. The third kappa shape index (κ3) is 4.72. The molecule has 0 saturated heterocycles. The number of hydrogen-bond acceptors (Lipinski definition) is 4. The molecular weight excluding hydrogens is 315 g/mol. The van der Waals surface area contributed by atoms with Gasteiger partial charge in [0.15, 0.2) is 0 Å². The molecule has 9 heteroatoms. The molecule has 0 fully saturated rings. The highest BCUT2D eigenvalue weighted by atomic mass is 19.4. The third-order valence-corrected chi connectivity index (χ3v) is 3.44. The number of likely N-dealkylation sites (N-methyl/N-ethyl adjacent to an activating group) is 1. The highest BCUT2D eigenvalue weighted by molar-refractivity contribution is 5.98. The first-order valence-electron chi connectivity index (χ1n) is 7.16. The van der Waals surface area contributed by atoms with E-state index in [9.17, 15) is 22.8 Å². The molecule has 0 radical (unpaired) electrons. The fourth-order valence-electron chi connectivity index (χ4n) is 2.24. The number of aryl methyl sites for hydroxylation is 1. The average molecular weight is 335 g/mol. The maximum atomic E-state index is 13.2. The second-order valence-electron chi connectivity index (χ2n) is 4.82. The first-order valence-corrected chi connectivity index (χ1v) is 7.16. The summed E-state index contributed by atoms with van der Waals surface area (Å²) < 4.78 is 43.8. The molecule has 0 aliphatic carbocycles. The number of aromatic nitrogens is 1. The highest BCUT2D eigenvalue weighted by Gasteiger charge is 2.42. The van der Waals surface area contributed by atoms with Crippen LogP contribution in [0.25, 0.3) is 0 Å². The van der Waals surface area contributed by atoms with Crippen molar-refractivity contribution in [2.75, 3.05) is 26.2 Å². The Bertz CT molecular complexity index is 551. The first kappa shape index (κ1) is 19.0. The van der Waals surface area contributed by atoms with Gasteiger partial charge >= 0.3 is 6.18 Å². The highest BCUT2D eigenvalue weighted by Crippen LogP contribution is 2.39. The molecule has 0 aliphatic rings. The molecule has 0 unspecified atom stereocenters. The molecule has 1 heterocycles. The molecule has 6 nitrogen and oxygen atoms in total. The summed E-state index contributed by atoms with van der Waals surface area (Å²) >= 11 is 0. The zero-order valence-electron chi connectivity index (χ0n) is 13.2. The Balaban J connectivity index is 2.98. The monoisotopic (exact) mass is 335 g/mol. The molecule has 2 N–H and O–H groups in total. The number of nitrogens with one attached hydrogen (secondary N) is 2. The number of carbonyl (C=O) groups excluding carboxylic acids is 2. The van der Waals surface area contributed by atoms with Gasteiger partial charge < -0.3 is 19.9 Å². The summed E-state index contributed by atoms with van der Waals surface area (Å²) in [4.78, 5) is 26.8. The molecule has 130 valence electrons. The first-order chi connectivity index (χ1) is 10.8. The van der Waals surface area contributed by atoms with Crippen LogP contribution in [-0.2, 0) is 11.0 Å². The van der Waals surface area contributed by atoms with Crippen LogP contribution in [0.4, 0.5) is 13.2 Å². The molecule has 0 saturated carbocycles. The molecule has 1 rings (SSSR count). The van der Waals surface area contributed by atoms with E-state index in [-0.39, 0.29) is 18.7 Å². The minimum Gasteiger partial charge on any atom is -0.411 e. The van der Waals surface area contributed by atoms with Gasteiger partial charge in [0, 0.05) is 18.8 Å². The Morgan fingerprint density at radius 3 is 2.43 bits per heavy atom. The van der Waals surface area contributed by atoms with Crippen LogP contribution in [0.3, 0.4) is 0 Å². The van der Waals surface area contributed by atoms with Crippen molar-refractivity contribution in [1.82, 2.24) is 15.2 Å². The Morgan fingerprint density at radius 2 is 1.96 bits per heavy atom. The standard InChI is InChI=1S/C14H20F3N3O3/c1-4-20(5-2)7-6-18-12(22)10-9(3)19-13(23-8-21)11(10)14(15,16)17/h8,19H,4-7H2,1-3H3,(H,18,22). The van der Waals surface area contributed by atoms with Crippen LogP contribution in [-0.4, -0.2) is 48.4 Å². The lowest BCUT2D eigenvalue weighted by atomic mass is 10.1. The number of halogens is 3. The zero-order valence-corrected chi connectivity index (χ0v) is 13.2. The summed E-state index contributed by atoms with van der Waals surface area (Å²) in [6.07, 6.45) is -4.82. The topological polar surface area (TPSA) is 74.4 Å². The van der Waals surface area contributed by atoms with Crippen molar-refractivity contribution in [3.05, 3.63) is 16.8 Å². The van der Waals surface area contributed by atoms with Crippen molar-refractivity contribution < 1.29 is 27.5 Å². The molecule has 0 aliphatic heterocycles. The summed E-state index contributed by atoms with van der Waals surface area (Å²) in [7, 11) is 0. The number of aromatic amines is 1. The number of rotatable bonds is 8. The molecule has 1 aromatic heterocycles. The van der Waals surface area contributed by atoms with Crippen LogP contribution >= 0.6 is 0 Å². The normalized spacial score (nSPS) is 11.6. The van der Waals surface area contributed by atoms with Crippen LogP contribution < -0.4 is 10.1 Å². The Hall–Kier alpha value is -2.03. The minimum atomic E-state index is -4.82. The predicted molar refractivity (Wildman–Crippen MR) is 77.3 cm³/mol. The summed E-state index contributed by atoms with van der Waals surface area (Å²) in [6.45, 7) is 7.39. The van der Waals surface area contributed by atoms with E-state index in [1.807, 2.05) is 18.7 Å². The van der Waals surface area contributed by atoms with Crippen LogP contribution in [0, 0.1) is 6.92 Å². The lowest BCUT2D eigenvalue weighted by Gasteiger charge is -2.18. The summed E-state index contributed by atoms with van der Waals surface area (Å²) in [5.74, 6) is -1.64. The van der Waals surface area contributed by atoms with Gasteiger partial charge in [-0.15, -0.1) is 0 Å². The number of alkyl halides is 3. The van der Waals surface area contributed by atoms with E-state index < -0.39 is 29.1 Å². The molecule has 23 heavy (non-hydrogen) atoms. The number of amides is 1. The predicted octanol–water partition coefficient (Wildman–Crippen LogP) is 1.95. The summed E-state index contributed by atoms with van der Waals surface area (Å²) in [5, 5.41) is 2.46. The van der Waals surface area contributed by atoms with E-state index in [0.29, 0.717) is 6.54 Å². The molecule has 1 aromatic rings. The maximum Gasteiger partial charge on any atom is 0.422 e. The van der Waals surface area contributed by atoms with Crippen molar-refractivity contribution in [3.63, 3.8) is 0 Å². The van der Waals surface area contributed by atoms with Crippen LogP contribution in [0.1, 0.15) is 35.5 Å². The van der Waals surface area contributed by atoms with Crippen LogP contribution in [0.2, 0.25) is 0 Å². The van der Waals surface area contributed by atoms with Crippen LogP contribution in [0.5, 0.6) is 5.88 Å². The van der Waals surface area contributed by atoms with E-state index >= 15 is 0 Å². The van der Waals surface area contributed by atoms with Gasteiger partial charge in [0.1, 0.15) is 5.56 Å². The largest absolute Gasteiger partial charge is 0.422 e. The van der Waals surface area contributed by atoms with Gasteiger partial charge in [-0.2, -0.15) is 13.2 Å². The zero-order chi connectivity index (χ0) is 17.6. The van der Waals surface area contributed by atoms with Crippen LogP contribution in [0.15, 0.2) is 0 Å². The second kappa shape index (κ2) is 8.00. The van der Waals surface area contributed by atoms with Crippen molar-refractivity contribution in [3.8, 4) is 5.88 Å². The molecule has 0 aromatic carbocycles. The van der Waals surface area contributed by atoms with Gasteiger partial charge in [-0.25, -0.2) is 0 Å². The number of ether oxygens (including phenoxy) is 1. The van der Waals surface area contributed by atoms with E-state index in [1.165, 1.54) is 6.92 Å². The SMILES string of the molecule is CCN(CC)CCNC(=O)c1c(C)[nH]c(OC=O)c1C(F)(F)F.